The first-order chi connectivity index (χ1) is 13.0. The van der Waals surface area contributed by atoms with Crippen LogP contribution in [0.1, 0.15) is 29.3 Å². The van der Waals surface area contributed by atoms with E-state index in [1.807, 2.05) is 48.0 Å². The molecule has 0 bridgehead atoms. The van der Waals surface area contributed by atoms with E-state index in [1.54, 1.807) is 18.9 Å². The maximum Gasteiger partial charge on any atom is 0.210 e. The molecule has 0 spiro atoms. The van der Waals surface area contributed by atoms with Crippen molar-refractivity contribution in [3.05, 3.63) is 59.7 Å². The molecule has 0 amide bonds. The molecule has 1 unspecified atom stereocenters. The predicted octanol–water partition coefficient (Wildman–Crippen LogP) is 4.60. The number of H-pyrrole nitrogens is 1. The number of fused-ring (bicyclic) bond motifs is 1. The second-order valence-electron chi connectivity index (χ2n) is 6.48. The van der Waals surface area contributed by atoms with Crippen molar-refractivity contribution in [3.63, 3.8) is 0 Å². The molecular weight excluding hydrogens is 358 g/mol. The molecule has 0 aliphatic carbocycles. The number of aromatic nitrogens is 5. The Morgan fingerprint density at radius 2 is 2.00 bits per heavy atom. The summed E-state index contributed by atoms with van der Waals surface area (Å²) < 4.78 is 7.32. The number of nitrogens with one attached hydrogen (secondary N) is 1. The number of aromatic amines is 1. The molecule has 3 aromatic heterocycles. The number of benzene rings is 1. The number of thioether (sulfide) groups is 1. The van der Waals surface area contributed by atoms with Gasteiger partial charge >= 0.3 is 0 Å². The lowest BCUT2D eigenvalue weighted by atomic mass is 10.1. The maximum atomic E-state index is 5.44. The predicted molar refractivity (Wildman–Crippen MR) is 107 cm³/mol. The van der Waals surface area contributed by atoms with E-state index < -0.39 is 0 Å². The average Bonchev–Trinajstić information content (AvgIpc) is 3.28. The summed E-state index contributed by atoms with van der Waals surface area (Å²) in [4.78, 5) is 12.6. The fraction of sp³-hybridized carbons (Fsp3) is 0.250. The molecular formula is C20H21N5OS. The molecule has 4 rings (SSSR count). The molecule has 1 atom stereocenters. The fourth-order valence-corrected chi connectivity index (χ4v) is 3.93. The van der Waals surface area contributed by atoms with Crippen molar-refractivity contribution >= 4 is 17.4 Å². The van der Waals surface area contributed by atoms with Crippen molar-refractivity contribution in [2.75, 3.05) is 7.11 Å². The van der Waals surface area contributed by atoms with Crippen molar-refractivity contribution in [3.8, 4) is 17.0 Å². The van der Waals surface area contributed by atoms with Crippen LogP contribution in [0.5, 0.6) is 5.75 Å². The van der Waals surface area contributed by atoms with Crippen molar-refractivity contribution in [1.29, 1.82) is 0 Å². The second kappa shape index (κ2) is 7.08. The highest BCUT2D eigenvalue weighted by atomic mass is 32.2. The quantitative estimate of drug-likeness (QED) is 0.513. The standard InChI is InChI=1S/C20H21N5OS/c1-12-9-13(2)25-18(10-12)23-20(24-25)27-14(3)19-21-11-16(22-19)15-7-5-6-8-17(15)26-4/h5-11,14H,1-4H3,(H,21,22). The maximum absolute atomic E-state index is 5.44. The number of nitrogens with zero attached hydrogens (tertiary/aromatic N) is 4. The minimum absolute atomic E-state index is 0.0901. The van der Waals surface area contributed by atoms with E-state index in [9.17, 15) is 0 Å². The average molecular weight is 379 g/mol. The van der Waals surface area contributed by atoms with Crippen LogP contribution >= 0.6 is 11.8 Å². The summed E-state index contributed by atoms with van der Waals surface area (Å²) in [6.45, 7) is 6.21. The minimum Gasteiger partial charge on any atom is -0.496 e. The van der Waals surface area contributed by atoms with E-state index in [0.29, 0.717) is 0 Å². The first-order valence-electron chi connectivity index (χ1n) is 8.74. The first kappa shape index (κ1) is 17.6. The lowest BCUT2D eigenvalue weighted by molar-refractivity contribution is 0.416. The molecule has 0 radical (unpaired) electrons. The molecule has 0 aliphatic heterocycles. The number of rotatable bonds is 5. The summed E-state index contributed by atoms with van der Waals surface area (Å²) in [5, 5.41) is 5.45. The van der Waals surface area contributed by atoms with E-state index in [1.165, 1.54) is 5.56 Å². The van der Waals surface area contributed by atoms with E-state index in [-0.39, 0.29) is 5.25 Å². The summed E-state index contributed by atoms with van der Waals surface area (Å²) >= 11 is 1.59. The van der Waals surface area contributed by atoms with Crippen LogP contribution in [0.4, 0.5) is 0 Å². The number of hydrogen-bond acceptors (Lipinski definition) is 5. The molecule has 4 aromatic rings. The highest BCUT2D eigenvalue weighted by Crippen LogP contribution is 2.34. The molecule has 6 nitrogen and oxygen atoms in total. The minimum atomic E-state index is 0.0901. The summed E-state index contributed by atoms with van der Waals surface area (Å²) in [6.07, 6.45) is 1.84. The van der Waals surface area contributed by atoms with E-state index in [2.05, 4.69) is 40.0 Å². The van der Waals surface area contributed by atoms with E-state index >= 15 is 0 Å². The molecule has 1 N–H and O–H groups in total. The third-order valence-corrected chi connectivity index (χ3v) is 5.36. The monoisotopic (exact) mass is 379 g/mol. The van der Waals surface area contributed by atoms with Crippen molar-refractivity contribution in [1.82, 2.24) is 24.6 Å². The van der Waals surface area contributed by atoms with Crippen LogP contribution in [0.15, 0.2) is 47.8 Å². The number of aryl methyl sites for hydroxylation is 2. The summed E-state index contributed by atoms with van der Waals surface area (Å²) in [5.41, 5.74) is 5.06. The van der Waals surface area contributed by atoms with Gasteiger partial charge in [0.05, 0.1) is 24.3 Å². The molecule has 0 aliphatic rings. The van der Waals surface area contributed by atoms with Crippen LogP contribution in [-0.2, 0) is 0 Å². The topological polar surface area (TPSA) is 68.1 Å². The van der Waals surface area contributed by atoms with Gasteiger partial charge in [-0.15, -0.1) is 5.10 Å². The van der Waals surface area contributed by atoms with Crippen LogP contribution < -0.4 is 4.74 Å². The SMILES string of the molecule is COc1ccccc1-c1cnc(C(C)Sc2nc3cc(C)cc(C)n3n2)[nH]1. The van der Waals surface area contributed by atoms with Gasteiger partial charge in [-0.3, -0.25) is 0 Å². The van der Waals surface area contributed by atoms with Crippen LogP contribution in [0.25, 0.3) is 16.9 Å². The summed E-state index contributed by atoms with van der Waals surface area (Å²) in [6, 6.07) is 12.0. The molecule has 27 heavy (non-hydrogen) atoms. The number of imidazole rings is 1. The number of ether oxygens (including phenoxy) is 1. The highest BCUT2D eigenvalue weighted by molar-refractivity contribution is 7.99. The Balaban J connectivity index is 1.58. The van der Waals surface area contributed by atoms with Gasteiger partial charge in [-0.25, -0.2) is 14.5 Å². The first-order valence-corrected chi connectivity index (χ1v) is 9.62. The van der Waals surface area contributed by atoms with Gasteiger partial charge in [0.2, 0.25) is 5.16 Å². The molecule has 0 saturated carbocycles. The summed E-state index contributed by atoms with van der Waals surface area (Å²) in [7, 11) is 1.67. The zero-order valence-electron chi connectivity index (χ0n) is 15.7. The second-order valence-corrected chi connectivity index (χ2v) is 7.79. The summed E-state index contributed by atoms with van der Waals surface area (Å²) in [5.74, 6) is 1.70. The zero-order chi connectivity index (χ0) is 19.0. The van der Waals surface area contributed by atoms with Crippen LogP contribution in [0.3, 0.4) is 0 Å². The van der Waals surface area contributed by atoms with Gasteiger partial charge < -0.3 is 9.72 Å². The number of hydrogen-bond donors (Lipinski definition) is 1. The van der Waals surface area contributed by atoms with Gasteiger partial charge in [-0.2, -0.15) is 0 Å². The fourth-order valence-electron chi connectivity index (χ4n) is 3.10. The lowest BCUT2D eigenvalue weighted by Gasteiger charge is -2.07. The number of para-hydroxylation sites is 1. The van der Waals surface area contributed by atoms with Gasteiger partial charge in [-0.1, -0.05) is 23.9 Å². The Hall–Kier alpha value is -2.80. The van der Waals surface area contributed by atoms with Crippen molar-refractivity contribution in [2.24, 2.45) is 0 Å². The normalized spacial score (nSPS) is 12.4. The van der Waals surface area contributed by atoms with Gasteiger partial charge in [0.15, 0.2) is 5.65 Å². The smallest absolute Gasteiger partial charge is 0.210 e. The largest absolute Gasteiger partial charge is 0.496 e. The van der Waals surface area contributed by atoms with Gasteiger partial charge in [-0.05, 0) is 50.6 Å². The molecule has 0 saturated heterocycles. The van der Waals surface area contributed by atoms with Crippen LogP contribution in [0.2, 0.25) is 0 Å². The molecule has 138 valence electrons. The Morgan fingerprint density at radius 3 is 2.81 bits per heavy atom. The molecule has 0 fully saturated rings. The third-order valence-electron chi connectivity index (χ3n) is 4.40. The lowest BCUT2D eigenvalue weighted by Crippen LogP contribution is -1.95. The third kappa shape index (κ3) is 3.42. The molecule has 7 heteroatoms. The Labute approximate surface area is 162 Å². The van der Waals surface area contributed by atoms with Crippen LogP contribution in [-0.4, -0.2) is 31.7 Å². The van der Waals surface area contributed by atoms with E-state index in [4.69, 9.17) is 4.74 Å². The van der Waals surface area contributed by atoms with Crippen molar-refractivity contribution < 1.29 is 4.74 Å². The Morgan fingerprint density at radius 1 is 1.19 bits per heavy atom. The zero-order valence-corrected chi connectivity index (χ0v) is 16.5. The molecule has 3 heterocycles. The van der Waals surface area contributed by atoms with Crippen molar-refractivity contribution in [2.45, 2.75) is 31.2 Å². The van der Waals surface area contributed by atoms with E-state index in [0.717, 1.165) is 39.3 Å². The van der Waals surface area contributed by atoms with Crippen LogP contribution in [0, 0.1) is 13.8 Å². The number of pyridine rings is 1. The number of methoxy groups -OCH3 is 1. The van der Waals surface area contributed by atoms with Gasteiger partial charge in [0.25, 0.3) is 0 Å². The Bertz CT molecular complexity index is 1100. The molecule has 1 aromatic carbocycles. The highest BCUT2D eigenvalue weighted by Gasteiger charge is 2.17. The van der Waals surface area contributed by atoms with Gasteiger partial charge in [0, 0.05) is 11.3 Å². The Kier molecular flexibility index (Phi) is 4.61. The van der Waals surface area contributed by atoms with Gasteiger partial charge in [0.1, 0.15) is 11.6 Å².